The number of hydrogen-bond acceptors (Lipinski definition) is 12. The molecule has 49 heavy (non-hydrogen) atoms. The predicted octanol–water partition coefficient (Wildman–Crippen LogP) is 6.25. The summed E-state index contributed by atoms with van der Waals surface area (Å²) in [4.78, 5) is 23.8. The van der Waals surface area contributed by atoms with Gasteiger partial charge >= 0.3 is 5.97 Å². The van der Waals surface area contributed by atoms with E-state index in [1.54, 1.807) is 62.8 Å². The van der Waals surface area contributed by atoms with Crippen LogP contribution in [0, 0.1) is 13.8 Å². The van der Waals surface area contributed by atoms with Crippen molar-refractivity contribution < 1.29 is 43.1 Å². The van der Waals surface area contributed by atoms with Gasteiger partial charge in [-0.1, -0.05) is 18.2 Å². The topological polar surface area (TPSA) is 136 Å². The van der Waals surface area contributed by atoms with Gasteiger partial charge in [0.1, 0.15) is 28.8 Å². The van der Waals surface area contributed by atoms with Gasteiger partial charge in [-0.05, 0) is 84.6 Å². The lowest BCUT2D eigenvalue weighted by molar-refractivity contribution is -0.185. The van der Waals surface area contributed by atoms with E-state index in [9.17, 15) is 14.7 Å². The van der Waals surface area contributed by atoms with Crippen molar-refractivity contribution in [1.82, 2.24) is 8.75 Å². The zero-order valence-electron chi connectivity index (χ0n) is 28.2. The van der Waals surface area contributed by atoms with Crippen molar-refractivity contribution in [3.05, 3.63) is 106 Å². The molecule has 0 aliphatic carbocycles. The molecule has 0 saturated carbocycles. The second-order valence-corrected chi connectivity index (χ2v) is 11.6. The van der Waals surface area contributed by atoms with E-state index in [2.05, 4.69) is 8.75 Å². The Morgan fingerprint density at radius 1 is 0.755 bits per heavy atom. The maximum atomic E-state index is 13.5. The zero-order chi connectivity index (χ0) is 35.3. The zero-order valence-corrected chi connectivity index (χ0v) is 29.0. The van der Waals surface area contributed by atoms with Crippen molar-refractivity contribution in [2.75, 3.05) is 35.5 Å². The quantitative estimate of drug-likeness (QED) is 0.132. The predicted molar refractivity (Wildman–Crippen MR) is 185 cm³/mol. The number of benzene rings is 4. The highest BCUT2D eigenvalue weighted by atomic mass is 32.1. The van der Waals surface area contributed by atoms with Gasteiger partial charge in [-0.2, -0.15) is 8.75 Å². The summed E-state index contributed by atoms with van der Waals surface area (Å²) in [7, 11) is 7.67. The van der Waals surface area contributed by atoms with Gasteiger partial charge in [-0.3, -0.25) is 4.79 Å². The summed E-state index contributed by atoms with van der Waals surface area (Å²) < 4.78 is 41.2. The van der Waals surface area contributed by atoms with Gasteiger partial charge in [-0.25, -0.2) is 4.79 Å². The number of ether oxygens (including phenoxy) is 6. The van der Waals surface area contributed by atoms with Crippen LogP contribution >= 0.6 is 11.7 Å². The Morgan fingerprint density at radius 2 is 1.37 bits per heavy atom. The first-order valence-corrected chi connectivity index (χ1v) is 15.8. The maximum absolute atomic E-state index is 13.5. The van der Waals surface area contributed by atoms with E-state index in [0.717, 1.165) is 51.7 Å². The minimum absolute atomic E-state index is 0.215. The van der Waals surface area contributed by atoms with Crippen LogP contribution in [0.5, 0.6) is 28.7 Å². The highest BCUT2D eigenvalue weighted by molar-refractivity contribution is 7.00. The summed E-state index contributed by atoms with van der Waals surface area (Å²) in [5.41, 5.74) is 6.26. The van der Waals surface area contributed by atoms with Crippen LogP contribution in [0.2, 0.25) is 0 Å². The molecule has 11 nitrogen and oxygen atoms in total. The highest BCUT2D eigenvalue weighted by Crippen LogP contribution is 2.49. The molecule has 5 aromatic rings. The van der Waals surface area contributed by atoms with E-state index in [0.29, 0.717) is 39.5 Å². The second kappa shape index (κ2) is 14.8. The van der Waals surface area contributed by atoms with Crippen molar-refractivity contribution in [1.29, 1.82) is 0 Å². The van der Waals surface area contributed by atoms with Crippen LogP contribution in [0.4, 0.5) is 0 Å². The van der Waals surface area contributed by atoms with Crippen LogP contribution in [0.25, 0.3) is 16.6 Å². The molecule has 254 valence electrons. The number of esters is 1. The number of methoxy groups -OCH3 is 5. The Balaban J connectivity index is 0.000000363. The first-order valence-electron chi connectivity index (χ1n) is 15.1. The SMILES string of the molecule is COc1ccc(C=O)cc1C.COc1ccc(CC2=C(c3ccc4nsnc4c3)C(=O)OC2(O)c2cc(OC)c(OC)c(OC)c2)cc1C. The van der Waals surface area contributed by atoms with Gasteiger partial charge in [0.25, 0.3) is 5.79 Å². The normalized spacial score (nSPS) is 15.3. The lowest BCUT2D eigenvalue weighted by Gasteiger charge is -2.27. The van der Waals surface area contributed by atoms with Crippen LogP contribution in [0.3, 0.4) is 0 Å². The van der Waals surface area contributed by atoms with Crippen LogP contribution in [0.15, 0.2) is 72.3 Å². The fraction of sp³-hybridized carbons (Fsp3) is 0.243. The standard InChI is InChI=1S/C28H26N2O7S.C9H10O2/c1-15-10-16(6-9-22(15)33-2)11-19-25(17-7-8-20-21(12-17)30-38-29-20)27(31)37-28(19,32)18-13-23(34-3)26(36-5)24(14-18)35-4;1-7-5-8(6-10)3-4-9(7)11-2/h6-10,12-14,32H,11H2,1-5H3;3-6H,1-2H3. The van der Waals surface area contributed by atoms with E-state index >= 15 is 0 Å². The van der Waals surface area contributed by atoms with Gasteiger partial charge < -0.3 is 33.5 Å². The molecule has 6 rings (SSSR count). The average Bonchev–Trinajstić information content (AvgIpc) is 3.68. The Bertz CT molecular complexity index is 2030. The number of carbonyl (C=O) groups excluding carboxylic acids is 2. The molecule has 0 spiro atoms. The fourth-order valence-electron chi connectivity index (χ4n) is 5.72. The molecule has 1 aromatic heterocycles. The first kappa shape index (κ1) is 34.9. The maximum Gasteiger partial charge on any atom is 0.342 e. The molecular formula is C37H36N2O9S. The van der Waals surface area contributed by atoms with E-state index in [1.165, 1.54) is 21.3 Å². The Hall–Kier alpha value is -5.46. The highest BCUT2D eigenvalue weighted by Gasteiger charge is 2.49. The molecular weight excluding hydrogens is 648 g/mol. The molecule has 1 aliphatic rings. The first-order chi connectivity index (χ1) is 23.6. The molecule has 1 unspecified atom stereocenters. The second-order valence-electron chi connectivity index (χ2n) is 11.1. The summed E-state index contributed by atoms with van der Waals surface area (Å²) in [5, 5.41) is 12.1. The van der Waals surface area contributed by atoms with Crippen LogP contribution in [-0.2, 0) is 21.7 Å². The molecule has 0 fully saturated rings. The molecule has 12 heteroatoms. The number of aldehydes is 1. The molecule has 1 aliphatic heterocycles. The third-order valence-electron chi connectivity index (χ3n) is 8.15. The van der Waals surface area contributed by atoms with Crippen molar-refractivity contribution >= 4 is 40.6 Å². The average molecular weight is 685 g/mol. The van der Waals surface area contributed by atoms with E-state index in [4.69, 9.17) is 28.4 Å². The number of fused-ring (bicyclic) bond motifs is 1. The number of rotatable bonds is 10. The summed E-state index contributed by atoms with van der Waals surface area (Å²) >= 11 is 1.09. The minimum Gasteiger partial charge on any atom is -0.496 e. The van der Waals surface area contributed by atoms with Gasteiger partial charge in [0, 0.05) is 23.1 Å². The lowest BCUT2D eigenvalue weighted by Crippen LogP contribution is -2.30. The molecule has 1 N–H and O–H groups in total. The smallest absolute Gasteiger partial charge is 0.342 e. The number of aliphatic hydroxyl groups is 1. The van der Waals surface area contributed by atoms with Crippen molar-refractivity contribution in [2.45, 2.75) is 26.1 Å². The van der Waals surface area contributed by atoms with Crippen molar-refractivity contribution in [3.63, 3.8) is 0 Å². The Morgan fingerprint density at radius 3 is 1.94 bits per heavy atom. The van der Waals surface area contributed by atoms with Crippen LogP contribution < -0.4 is 23.7 Å². The van der Waals surface area contributed by atoms with Crippen molar-refractivity contribution in [2.24, 2.45) is 0 Å². The monoisotopic (exact) mass is 684 g/mol. The lowest BCUT2D eigenvalue weighted by atomic mass is 9.87. The van der Waals surface area contributed by atoms with E-state index in [-0.39, 0.29) is 17.6 Å². The Kier molecular flexibility index (Phi) is 10.5. The molecule has 0 amide bonds. The summed E-state index contributed by atoms with van der Waals surface area (Å²) in [6.07, 6.45) is 1.04. The van der Waals surface area contributed by atoms with Gasteiger partial charge in [0.2, 0.25) is 5.75 Å². The van der Waals surface area contributed by atoms with E-state index < -0.39 is 11.8 Å². The molecule has 0 saturated heterocycles. The number of nitrogens with zero attached hydrogens (tertiary/aromatic N) is 2. The van der Waals surface area contributed by atoms with Crippen LogP contribution in [-0.4, -0.2) is 61.7 Å². The summed E-state index contributed by atoms with van der Waals surface area (Å²) in [5.74, 6) is -0.237. The summed E-state index contributed by atoms with van der Waals surface area (Å²) in [6, 6.07) is 19.5. The number of aromatic nitrogens is 2. The Labute approximate surface area is 287 Å². The number of aryl methyl sites for hydroxylation is 2. The van der Waals surface area contributed by atoms with Gasteiger partial charge in [0.05, 0.1) is 52.9 Å². The number of carbonyl (C=O) groups is 2. The molecule has 4 aromatic carbocycles. The molecule has 0 bridgehead atoms. The third kappa shape index (κ3) is 6.92. The largest absolute Gasteiger partial charge is 0.496 e. The van der Waals surface area contributed by atoms with Crippen molar-refractivity contribution in [3.8, 4) is 28.7 Å². The third-order valence-corrected chi connectivity index (χ3v) is 8.71. The van der Waals surface area contributed by atoms with Gasteiger partial charge in [0.15, 0.2) is 11.5 Å². The fourth-order valence-corrected chi connectivity index (χ4v) is 6.23. The molecule has 0 radical (unpaired) electrons. The molecule has 2 heterocycles. The molecule has 1 atom stereocenters. The summed E-state index contributed by atoms with van der Waals surface area (Å²) in [6.45, 7) is 3.84. The minimum atomic E-state index is -2.11. The number of cyclic esters (lactones) is 1. The van der Waals surface area contributed by atoms with Gasteiger partial charge in [-0.15, -0.1) is 0 Å². The van der Waals surface area contributed by atoms with E-state index in [1.807, 2.05) is 32.0 Å². The van der Waals surface area contributed by atoms with Crippen LogP contribution in [0.1, 0.15) is 38.2 Å². The number of hydrogen-bond donors (Lipinski definition) is 1.